The molecular formula is C16H23N3O3S. The van der Waals surface area contributed by atoms with Gasteiger partial charge in [-0.1, -0.05) is 11.8 Å². The number of pyridine rings is 1. The summed E-state index contributed by atoms with van der Waals surface area (Å²) >= 11 is 1.24. The molecular weight excluding hydrogens is 314 g/mol. The van der Waals surface area contributed by atoms with Crippen molar-refractivity contribution in [3.63, 3.8) is 0 Å². The lowest BCUT2D eigenvalue weighted by molar-refractivity contribution is -0.119. The number of hydrogen-bond acceptors (Lipinski definition) is 5. The summed E-state index contributed by atoms with van der Waals surface area (Å²) in [6.45, 7) is 6.94. The maximum Gasteiger partial charge on any atom is 0.251 e. The van der Waals surface area contributed by atoms with E-state index in [0.29, 0.717) is 17.1 Å². The van der Waals surface area contributed by atoms with Crippen LogP contribution in [0.5, 0.6) is 0 Å². The molecule has 126 valence electrons. The second kappa shape index (κ2) is 7.79. The van der Waals surface area contributed by atoms with Crippen LogP contribution in [-0.2, 0) is 9.53 Å². The highest BCUT2D eigenvalue weighted by Crippen LogP contribution is 2.26. The normalized spacial score (nSPS) is 17.3. The smallest absolute Gasteiger partial charge is 0.251 e. The predicted octanol–water partition coefficient (Wildman–Crippen LogP) is 1.49. The number of hydrogen-bond donors (Lipinski definition) is 2. The van der Waals surface area contributed by atoms with Crippen LogP contribution in [0.25, 0.3) is 0 Å². The first kappa shape index (κ1) is 17.7. The molecule has 1 aliphatic rings. The summed E-state index contributed by atoms with van der Waals surface area (Å²) in [6, 6.07) is 0. The van der Waals surface area contributed by atoms with Gasteiger partial charge >= 0.3 is 0 Å². The molecule has 1 unspecified atom stereocenters. The first-order chi connectivity index (χ1) is 10.9. The number of ether oxygens (including phenoxy) is 1. The number of aromatic nitrogens is 1. The SMILES string of the molecule is Cc1nc(SCC(=O)NCC2CCCO2)c(C(N)=O)c(C)c1C. The second-order valence-corrected chi connectivity index (χ2v) is 6.68. The van der Waals surface area contributed by atoms with Gasteiger partial charge in [-0.15, -0.1) is 0 Å². The lowest BCUT2D eigenvalue weighted by atomic mass is 10.0. The van der Waals surface area contributed by atoms with Gasteiger partial charge in [-0.3, -0.25) is 9.59 Å². The van der Waals surface area contributed by atoms with Crippen molar-refractivity contribution in [2.45, 2.75) is 44.7 Å². The maximum atomic E-state index is 12.0. The first-order valence-electron chi connectivity index (χ1n) is 7.68. The van der Waals surface area contributed by atoms with E-state index in [9.17, 15) is 9.59 Å². The highest BCUT2D eigenvalue weighted by atomic mass is 32.2. The van der Waals surface area contributed by atoms with Gasteiger partial charge in [0.1, 0.15) is 5.03 Å². The van der Waals surface area contributed by atoms with Crippen molar-refractivity contribution in [3.05, 3.63) is 22.4 Å². The molecule has 0 aromatic carbocycles. The van der Waals surface area contributed by atoms with Crippen LogP contribution in [0.15, 0.2) is 5.03 Å². The molecule has 1 aliphatic heterocycles. The molecule has 0 aliphatic carbocycles. The van der Waals surface area contributed by atoms with E-state index in [1.165, 1.54) is 11.8 Å². The molecule has 0 spiro atoms. The van der Waals surface area contributed by atoms with Gasteiger partial charge in [0, 0.05) is 18.8 Å². The molecule has 6 nitrogen and oxygen atoms in total. The van der Waals surface area contributed by atoms with Gasteiger partial charge < -0.3 is 15.8 Å². The molecule has 0 radical (unpaired) electrons. The van der Waals surface area contributed by atoms with Gasteiger partial charge in [0.25, 0.3) is 5.91 Å². The number of amides is 2. The third-order valence-corrected chi connectivity index (χ3v) is 5.08. The highest BCUT2D eigenvalue weighted by Gasteiger charge is 2.19. The Balaban J connectivity index is 1.99. The van der Waals surface area contributed by atoms with Crippen molar-refractivity contribution in [2.75, 3.05) is 18.9 Å². The minimum absolute atomic E-state index is 0.0985. The Morgan fingerprint density at radius 1 is 1.35 bits per heavy atom. The van der Waals surface area contributed by atoms with Crippen molar-refractivity contribution < 1.29 is 14.3 Å². The number of aryl methyl sites for hydroxylation is 1. The van der Waals surface area contributed by atoms with Gasteiger partial charge in [0.05, 0.1) is 17.4 Å². The highest BCUT2D eigenvalue weighted by molar-refractivity contribution is 8.00. The fourth-order valence-corrected chi connectivity index (χ4v) is 3.49. The number of carbonyl (C=O) groups excluding carboxylic acids is 2. The van der Waals surface area contributed by atoms with Crippen molar-refractivity contribution in [1.82, 2.24) is 10.3 Å². The van der Waals surface area contributed by atoms with Crippen LogP contribution in [0.2, 0.25) is 0 Å². The van der Waals surface area contributed by atoms with Crippen molar-refractivity contribution in [2.24, 2.45) is 5.73 Å². The van der Waals surface area contributed by atoms with Crippen LogP contribution in [0.1, 0.15) is 40.0 Å². The Morgan fingerprint density at radius 3 is 2.70 bits per heavy atom. The van der Waals surface area contributed by atoms with Crippen molar-refractivity contribution in [1.29, 1.82) is 0 Å². The lowest BCUT2D eigenvalue weighted by Crippen LogP contribution is -2.33. The van der Waals surface area contributed by atoms with E-state index < -0.39 is 5.91 Å². The number of nitrogens with two attached hydrogens (primary N) is 1. The third kappa shape index (κ3) is 4.45. The molecule has 0 saturated carbocycles. The van der Waals surface area contributed by atoms with Crippen LogP contribution in [0, 0.1) is 20.8 Å². The molecule has 2 amide bonds. The van der Waals surface area contributed by atoms with Gasteiger partial charge in [-0.2, -0.15) is 0 Å². The molecule has 0 bridgehead atoms. The minimum atomic E-state index is -0.514. The van der Waals surface area contributed by atoms with Crippen LogP contribution in [-0.4, -0.2) is 41.8 Å². The average Bonchev–Trinajstić information content (AvgIpc) is 3.01. The Bertz CT molecular complexity index is 613. The number of carbonyl (C=O) groups is 2. The molecule has 1 saturated heterocycles. The molecule has 7 heteroatoms. The average molecular weight is 337 g/mol. The summed E-state index contributed by atoms with van der Waals surface area (Å²) in [5, 5.41) is 3.37. The van der Waals surface area contributed by atoms with E-state index >= 15 is 0 Å². The molecule has 3 N–H and O–H groups in total. The van der Waals surface area contributed by atoms with E-state index in [4.69, 9.17) is 10.5 Å². The summed E-state index contributed by atoms with van der Waals surface area (Å²) in [5.74, 6) is -0.416. The second-order valence-electron chi connectivity index (χ2n) is 5.72. The molecule has 1 aromatic rings. The van der Waals surface area contributed by atoms with E-state index in [0.717, 1.165) is 36.3 Å². The van der Waals surface area contributed by atoms with Crippen molar-refractivity contribution >= 4 is 23.6 Å². The predicted molar refractivity (Wildman–Crippen MR) is 89.7 cm³/mol. The third-order valence-electron chi connectivity index (χ3n) is 4.10. The quantitative estimate of drug-likeness (QED) is 0.767. The standard InChI is InChI=1S/C16H23N3O3S/c1-9-10(2)14(15(17)21)16(19-11(9)3)23-8-13(20)18-7-12-5-4-6-22-12/h12H,4-8H2,1-3H3,(H2,17,21)(H,18,20). The van der Waals surface area contributed by atoms with E-state index in [2.05, 4.69) is 10.3 Å². The van der Waals surface area contributed by atoms with Gasteiger partial charge in [0.2, 0.25) is 5.91 Å². The van der Waals surface area contributed by atoms with Crippen LogP contribution in [0.3, 0.4) is 0 Å². The Morgan fingerprint density at radius 2 is 2.09 bits per heavy atom. The Kier molecular flexibility index (Phi) is 6.01. The van der Waals surface area contributed by atoms with Crippen LogP contribution < -0.4 is 11.1 Å². The largest absolute Gasteiger partial charge is 0.376 e. The van der Waals surface area contributed by atoms with Crippen molar-refractivity contribution in [3.8, 4) is 0 Å². The Hall–Kier alpha value is -1.60. The van der Waals surface area contributed by atoms with Crippen LogP contribution >= 0.6 is 11.8 Å². The topological polar surface area (TPSA) is 94.3 Å². The first-order valence-corrected chi connectivity index (χ1v) is 8.67. The van der Waals surface area contributed by atoms with Gasteiger partial charge in [0.15, 0.2) is 0 Å². The number of primary amides is 1. The maximum absolute atomic E-state index is 12.0. The monoisotopic (exact) mass is 337 g/mol. The summed E-state index contributed by atoms with van der Waals surface area (Å²) in [4.78, 5) is 28.1. The molecule has 2 rings (SSSR count). The fourth-order valence-electron chi connectivity index (χ4n) is 2.52. The van der Waals surface area contributed by atoms with Gasteiger partial charge in [-0.05, 0) is 44.7 Å². The molecule has 1 aromatic heterocycles. The Labute approximate surface area is 140 Å². The fraction of sp³-hybridized carbons (Fsp3) is 0.562. The zero-order valence-corrected chi connectivity index (χ0v) is 14.6. The van der Waals surface area contributed by atoms with Crippen LogP contribution in [0.4, 0.5) is 0 Å². The summed E-state index contributed by atoms with van der Waals surface area (Å²) in [7, 11) is 0. The molecule has 23 heavy (non-hydrogen) atoms. The van der Waals surface area contributed by atoms with E-state index in [1.807, 2.05) is 20.8 Å². The number of thioether (sulfide) groups is 1. The zero-order chi connectivity index (χ0) is 17.0. The molecule has 1 fully saturated rings. The lowest BCUT2D eigenvalue weighted by Gasteiger charge is -2.14. The summed E-state index contributed by atoms with van der Waals surface area (Å²) in [6.07, 6.45) is 2.15. The summed E-state index contributed by atoms with van der Waals surface area (Å²) in [5.41, 5.74) is 8.50. The number of nitrogens with zero attached hydrogens (tertiary/aromatic N) is 1. The number of nitrogens with one attached hydrogen (secondary N) is 1. The van der Waals surface area contributed by atoms with E-state index in [1.54, 1.807) is 0 Å². The van der Waals surface area contributed by atoms with Gasteiger partial charge in [-0.25, -0.2) is 4.98 Å². The minimum Gasteiger partial charge on any atom is -0.376 e. The molecule has 1 atom stereocenters. The number of rotatable bonds is 6. The summed E-state index contributed by atoms with van der Waals surface area (Å²) < 4.78 is 5.47. The molecule has 2 heterocycles. The zero-order valence-electron chi connectivity index (χ0n) is 13.8. The van der Waals surface area contributed by atoms with E-state index in [-0.39, 0.29) is 17.8 Å².